The Balaban J connectivity index is 1.88. The van der Waals surface area contributed by atoms with E-state index in [1.165, 1.54) is 7.11 Å². The number of thioether (sulfide) groups is 1. The van der Waals surface area contributed by atoms with E-state index in [1.807, 2.05) is 18.8 Å². The fourth-order valence-electron chi connectivity index (χ4n) is 2.91. The minimum atomic E-state index is -0.447. The van der Waals surface area contributed by atoms with Crippen molar-refractivity contribution in [1.29, 1.82) is 0 Å². The van der Waals surface area contributed by atoms with E-state index in [9.17, 15) is 4.79 Å². The molecule has 2 fully saturated rings. The summed E-state index contributed by atoms with van der Waals surface area (Å²) in [4.78, 5) is 11.9. The van der Waals surface area contributed by atoms with Crippen LogP contribution >= 0.6 is 11.8 Å². The van der Waals surface area contributed by atoms with E-state index in [0.717, 1.165) is 45.3 Å². The van der Waals surface area contributed by atoms with Gasteiger partial charge in [-0.1, -0.05) is 0 Å². The van der Waals surface area contributed by atoms with E-state index < -0.39 is 5.54 Å². The van der Waals surface area contributed by atoms with Gasteiger partial charge in [0.25, 0.3) is 0 Å². The van der Waals surface area contributed by atoms with Gasteiger partial charge in [0.05, 0.1) is 7.11 Å². The van der Waals surface area contributed by atoms with Gasteiger partial charge in [-0.25, -0.2) is 0 Å². The highest BCUT2D eigenvalue weighted by atomic mass is 32.2. The van der Waals surface area contributed by atoms with Gasteiger partial charge < -0.3 is 14.8 Å². The predicted molar refractivity (Wildman–Crippen MR) is 72.9 cm³/mol. The number of carbonyl (C=O) groups is 1. The van der Waals surface area contributed by atoms with Crippen LogP contribution in [0.4, 0.5) is 0 Å². The van der Waals surface area contributed by atoms with Crippen LogP contribution in [0.5, 0.6) is 0 Å². The summed E-state index contributed by atoms with van der Waals surface area (Å²) in [5, 5.41) is 4.45. The molecule has 0 amide bonds. The van der Waals surface area contributed by atoms with E-state index in [1.54, 1.807) is 0 Å². The number of methoxy groups -OCH3 is 1. The first-order chi connectivity index (χ1) is 8.70. The highest BCUT2D eigenvalue weighted by Crippen LogP contribution is 2.41. The molecule has 2 unspecified atom stereocenters. The molecule has 2 atom stereocenters. The quantitative estimate of drug-likeness (QED) is 0.788. The smallest absolute Gasteiger partial charge is 0.326 e. The van der Waals surface area contributed by atoms with Crippen molar-refractivity contribution >= 4 is 17.7 Å². The second-order valence-corrected chi connectivity index (χ2v) is 6.74. The lowest BCUT2D eigenvalue weighted by atomic mass is 9.98. The summed E-state index contributed by atoms with van der Waals surface area (Å²) in [6, 6.07) is 0. The topological polar surface area (TPSA) is 47.6 Å². The summed E-state index contributed by atoms with van der Waals surface area (Å²) in [5.74, 6) is -0.111. The summed E-state index contributed by atoms with van der Waals surface area (Å²) in [5.41, 5.74) is -0.447. The van der Waals surface area contributed by atoms with Crippen LogP contribution < -0.4 is 5.32 Å². The van der Waals surface area contributed by atoms with Gasteiger partial charge in [-0.2, -0.15) is 11.8 Å². The lowest BCUT2D eigenvalue weighted by Crippen LogP contribution is -2.49. The van der Waals surface area contributed by atoms with E-state index >= 15 is 0 Å². The second-order valence-electron chi connectivity index (χ2n) is 5.14. The average Bonchev–Trinajstić information content (AvgIpc) is 2.83. The zero-order chi connectivity index (χ0) is 13.0. The standard InChI is InChI=1S/C13H23NO3S/c1-14-13(12(15)16-2)6-3-11(9-13)18-10-4-7-17-8-5-10/h10-11,14H,3-9H2,1-2H3. The highest BCUT2D eigenvalue weighted by Gasteiger charge is 2.45. The number of hydrogen-bond donors (Lipinski definition) is 1. The van der Waals surface area contributed by atoms with Crippen molar-refractivity contribution in [2.24, 2.45) is 0 Å². The lowest BCUT2D eigenvalue weighted by molar-refractivity contribution is -0.148. The molecule has 0 bridgehead atoms. The predicted octanol–water partition coefficient (Wildman–Crippen LogP) is 1.58. The Morgan fingerprint density at radius 1 is 1.33 bits per heavy atom. The molecule has 2 aliphatic rings. The van der Waals surface area contributed by atoms with E-state index in [-0.39, 0.29) is 5.97 Å². The molecule has 0 aromatic carbocycles. The van der Waals surface area contributed by atoms with Gasteiger partial charge in [-0.3, -0.25) is 4.79 Å². The number of esters is 1. The molecule has 4 nitrogen and oxygen atoms in total. The number of rotatable bonds is 4. The Morgan fingerprint density at radius 3 is 2.67 bits per heavy atom. The van der Waals surface area contributed by atoms with Crippen LogP contribution in [0.25, 0.3) is 0 Å². The van der Waals surface area contributed by atoms with Gasteiger partial charge in [0.15, 0.2) is 0 Å². The van der Waals surface area contributed by atoms with Crippen molar-refractivity contribution in [3.63, 3.8) is 0 Å². The van der Waals surface area contributed by atoms with Crippen molar-refractivity contribution in [2.75, 3.05) is 27.4 Å². The van der Waals surface area contributed by atoms with Crippen molar-refractivity contribution < 1.29 is 14.3 Å². The molecule has 0 radical (unpaired) electrons. The molecule has 5 heteroatoms. The van der Waals surface area contributed by atoms with Gasteiger partial charge in [0.1, 0.15) is 5.54 Å². The maximum absolute atomic E-state index is 11.9. The molecule has 2 rings (SSSR count). The Morgan fingerprint density at radius 2 is 2.06 bits per heavy atom. The lowest BCUT2D eigenvalue weighted by Gasteiger charge is -2.27. The van der Waals surface area contributed by atoms with Crippen molar-refractivity contribution in [3.05, 3.63) is 0 Å². The third-order valence-electron chi connectivity index (χ3n) is 4.08. The van der Waals surface area contributed by atoms with Crippen LogP contribution in [0.2, 0.25) is 0 Å². The minimum Gasteiger partial charge on any atom is -0.468 e. The summed E-state index contributed by atoms with van der Waals surface area (Å²) < 4.78 is 10.3. The molecule has 1 heterocycles. The van der Waals surface area contributed by atoms with Crippen molar-refractivity contribution in [2.45, 2.75) is 48.1 Å². The summed E-state index contributed by atoms with van der Waals surface area (Å²) >= 11 is 2.05. The Labute approximate surface area is 113 Å². The largest absolute Gasteiger partial charge is 0.468 e. The number of carbonyl (C=O) groups excluding carboxylic acids is 1. The number of likely N-dealkylation sites (N-methyl/N-ethyl adjacent to an activating group) is 1. The van der Waals surface area contributed by atoms with Gasteiger partial charge in [-0.05, 0) is 39.2 Å². The molecule has 0 aromatic heterocycles. The van der Waals surface area contributed by atoms with Crippen molar-refractivity contribution in [3.8, 4) is 0 Å². The van der Waals surface area contributed by atoms with Gasteiger partial charge >= 0.3 is 5.97 Å². The number of nitrogens with one attached hydrogen (secondary N) is 1. The Bertz CT molecular complexity index is 294. The van der Waals surface area contributed by atoms with Crippen LogP contribution in [-0.4, -0.2) is 49.4 Å². The van der Waals surface area contributed by atoms with E-state index in [2.05, 4.69) is 5.32 Å². The first kappa shape index (κ1) is 14.2. The fraction of sp³-hybridized carbons (Fsp3) is 0.923. The maximum atomic E-state index is 11.9. The first-order valence-corrected chi connectivity index (χ1v) is 7.65. The molecule has 1 saturated heterocycles. The van der Waals surface area contributed by atoms with Crippen LogP contribution in [0.1, 0.15) is 32.1 Å². The molecule has 1 aliphatic carbocycles. The normalized spacial score (nSPS) is 33.6. The van der Waals surface area contributed by atoms with Crippen LogP contribution in [-0.2, 0) is 14.3 Å². The minimum absolute atomic E-state index is 0.111. The zero-order valence-corrected chi connectivity index (χ0v) is 12.1. The average molecular weight is 273 g/mol. The molecule has 1 N–H and O–H groups in total. The van der Waals surface area contributed by atoms with Gasteiger partial charge in [0.2, 0.25) is 0 Å². The van der Waals surface area contributed by atoms with Crippen LogP contribution in [0, 0.1) is 0 Å². The molecule has 104 valence electrons. The summed E-state index contributed by atoms with van der Waals surface area (Å²) in [6.07, 6.45) is 5.16. The number of ether oxygens (including phenoxy) is 2. The third-order valence-corrected chi connectivity index (χ3v) is 5.72. The summed E-state index contributed by atoms with van der Waals surface area (Å²) in [7, 11) is 3.33. The van der Waals surface area contributed by atoms with Gasteiger partial charge in [0, 0.05) is 23.7 Å². The molecular weight excluding hydrogens is 250 g/mol. The van der Waals surface area contributed by atoms with Crippen LogP contribution in [0.15, 0.2) is 0 Å². The molecule has 0 aromatic rings. The van der Waals surface area contributed by atoms with E-state index in [0.29, 0.717) is 10.5 Å². The third kappa shape index (κ3) is 3.00. The fourth-order valence-corrected chi connectivity index (χ4v) is 4.55. The molecule has 0 spiro atoms. The second kappa shape index (κ2) is 6.26. The number of hydrogen-bond acceptors (Lipinski definition) is 5. The molecule has 18 heavy (non-hydrogen) atoms. The van der Waals surface area contributed by atoms with Gasteiger partial charge in [-0.15, -0.1) is 0 Å². The maximum Gasteiger partial charge on any atom is 0.326 e. The Kier molecular flexibility index (Phi) is 4.92. The van der Waals surface area contributed by atoms with Crippen LogP contribution in [0.3, 0.4) is 0 Å². The highest BCUT2D eigenvalue weighted by molar-refractivity contribution is 8.00. The van der Waals surface area contributed by atoms with E-state index in [4.69, 9.17) is 9.47 Å². The molecule has 1 saturated carbocycles. The monoisotopic (exact) mass is 273 g/mol. The molecular formula is C13H23NO3S. The van der Waals surface area contributed by atoms with Crippen molar-refractivity contribution in [1.82, 2.24) is 5.32 Å². The first-order valence-electron chi connectivity index (χ1n) is 6.71. The summed E-state index contributed by atoms with van der Waals surface area (Å²) in [6.45, 7) is 1.77. The Hall–Kier alpha value is -0.260. The molecule has 1 aliphatic heterocycles. The zero-order valence-electron chi connectivity index (χ0n) is 11.2. The SMILES string of the molecule is CNC1(C(=O)OC)CCC(SC2CCOCC2)C1.